The van der Waals surface area contributed by atoms with E-state index in [1.165, 1.54) is 6.21 Å². The second-order valence-electron chi connectivity index (χ2n) is 5.19. The van der Waals surface area contributed by atoms with Crippen LogP contribution in [0.2, 0.25) is 0 Å². The van der Waals surface area contributed by atoms with Crippen molar-refractivity contribution in [2.24, 2.45) is 10.8 Å². The number of amides is 3. The molecule has 134 valence electrons. The van der Waals surface area contributed by atoms with Gasteiger partial charge in [0.15, 0.2) is 6.61 Å². The van der Waals surface area contributed by atoms with Crippen LogP contribution in [0, 0.1) is 0 Å². The van der Waals surface area contributed by atoms with Crippen LogP contribution in [0.3, 0.4) is 0 Å². The largest absolute Gasteiger partial charge is 0.484 e. The van der Waals surface area contributed by atoms with Crippen molar-refractivity contribution in [3.05, 3.63) is 65.7 Å². The molecule has 2 aromatic rings. The topological polar surface area (TPSA) is 123 Å². The lowest BCUT2D eigenvalue weighted by Gasteiger charge is -2.04. The Kier molecular flexibility index (Phi) is 6.87. The highest BCUT2D eigenvalue weighted by molar-refractivity contribution is 6.35. The fourth-order valence-electron chi connectivity index (χ4n) is 1.91. The molecule has 0 unspecified atom stereocenters. The maximum Gasteiger partial charge on any atom is 0.329 e. The molecule has 0 saturated heterocycles. The van der Waals surface area contributed by atoms with Gasteiger partial charge in [0.05, 0.1) is 6.21 Å². The summed E-state index contributed by atoms with van der Waals surface area (Å²) in [5, 5.41) is 6.22. The number of carbonyl (C=O) groups is 3. The molecule has 8 nitrogen and oxygen atoms in total. The highest BCUT2D eigenvalue weighted by Crippen LogP contribution is 2.11. The first-order valence-corrected chi connectivity index (χ1v) is 7.71. The second kappa shape index (κ2) is 9.58. The van der Waals surface area contributed by atoms with Gasteiger partial charge in [-0.25, -0.2) is 5.43 Å². The highest BCUT2D eigenvalue weighted by Gasteiger charge is 2.11. The first-order valence-electron chi connectivity index (χ1n) is 7.71. The van der Waals surface area contributed by atoms with Gasteiger partial charge in [-0.15, -0.1) is 0 Å². The molecule has 0 aliphatic heterocycles. The summed E-state index contributed by atoms with van der Waals surface area (Å²) in [4.78, 5) is 34.1. The summed E-state index contributed by atoms with van der Waals surface area (Å²) < 4.78 is 5.16. The molecule has 4 N–H and O–H groups in total. The monoisotopic (exact) mass is 354 g/mol. The fraction of sp³-hybridized carbons (Fsp3) is 0.111. The number of hydrogen-bond donors (Lipinski definition) is 3. The van der Waals surface area contributed by atoms with Gasteiger partial charge in [-0.2, -0.15) is 5.10 Å². The van der Waals surface area contributed by atoms with Crippen LogP contribution in [0.4, 0.5) is 0 Å². The van der Waals surface area contributed by atoms with E-state index in [0.29, 0.717) is 11.3 Å². The third kappa shape index (κ3) is 6.44. The summed E-state index contributed by atoms with van der Waals surface area (Å²) >= 11 is 0. The maximum absolute atomic E-state index is 11.7. The van der Waals surface area contributed by atoms with Crippen molar-refractivity contribution in [3.63, 3.8) is 0 Å². The van der Waals surface area contributed by atoms with Gasteiger partial charge in [0.1, 0.15) is 5.75 Å². The van der Waals surface area contributed by atoms with Gasteiger partial charge in [-0.3, -0.25) is 14.4 Å². The third-order valence-electron chi connectivity index (χ3n) is 3.12. The van der Waals surface area contributed by atoms with Gasteiger partial charge >= 0.3 is 11.8 Å². The van der Waals surface area contributed by atoms with Crippen molar-refractivity contribution < 1.29 is 19.1 Å². The minimum atomic E-state index is -0.877. The van der Waals surface area contributed by atoms with E-state index in [2.05, 4.69) is 15.8 Å². The highest BCUT2D eigenvalue weighted by atomic mass is 16.5. The van der Waals surface area contributed by atoms with Crippen LogP contribution in [-0.4, -0.2) is 30.5 Å². The molecule has 0 fully saturated rings. The molecular weight excluding hydrogens is 336 g/mol. The lowest BCUT2D eigenvalue weighted by Crippen LogP contribution is -2.37. The number of nitrogens with zero attached hydrogens (tertiary/aromatic N) is 1. The first kappa shape index (κ1) is 18.7. The van der Waals surface area contributed by atoms with Crippen molar-refractivity contribution in [2.75, 3.05) is 6.61 Å². The SMILES string of the molecule is NC(=O)COc1cccc(/C=N\NC(=O)C(=O)NCc2ccccc2)c1. The molecule has 0 radical (unpaired) electrons. The maximum atomic E-state index is 11.7. The van der Waals surface area contributed by atoms with Crippen LogP contribution >= 0.6 is 0 Å². The third-order valence-corrected chi connectivity index (χ3v) is 3.12. The Morgan fingerprint density at radius 2 is 1.81 bits per heavy atom. The van der Waals surface area contributed by atoms with Crippen molar-refractivity contribution in [1.82, 2.24) is 10.7 Å². The van der Waals surface area contributed by atoms with E-state index < -0.39 is 17.7 Å². The summed E-state index contributed by atoms with van der Waals surface area (Å²) in [5.74, 6) is -1.82. The van der Waals surface area contributed by atoms with Crippen LogP contribution in [0.5, 0.6) is 5.75 Å². The molecule has 0 aliphatic rings. The van der Waals surface area contributed by atoms with E-state index in [-0.39, 0.29) is 13.2 Å². The van der Waals surface area contributed by atoms with Crippen LogP contribution in [0.1, 0.15) is 11.1 Å². The predicted molar refractivity (Wildman–Crippen MR) is 95.2 cm³/mol. The second-order valence-corrected chi connectivity index (χ2v) is 5.19. The fourth-order valence-corrected chi connectivity index (χ4v) is 1.91. The van der Waals surface area contributed by atoms with Gasteiger partial charge in [-0.05, 0) is 23.3 Å². The molecule has 3 amide bonds. The van der Waals surface area contributed by atoms with Gasteiger partial charge in [0.25, 0.3) is 5.91 Å². The number of hydrazone groups is 1. The number of benzene rings is 2. The zero-order valence-electron chi connectivity index (χ0n) is 13.8. The van der Waals surface area contributed by atoms with Gasteiger partial charge < -0.3 is 15.8 Å². The lowest BCUT2D eigenvalue weighted by molar-refractivity contribution is -0.139. The average molecular weight is 354 g/mol. The standard InChI is InChI=1S/C18H18N4O4/c19-16(23)12-26-15-8-4-7-14(9-15)11-21-22-18(25)17(24)20-10-13-5-2-1-3-6-13/h1-9,11H,10,12H2,(H2,19,23)(H,20,24)(H,22,25)/b21-11-. The molecule has 0 atom stereocenters. The van der Waals surface area contributed by atoms with E-state index in [1.807, 2.05) is 30.3 Å². The molecule has 0 heterocycles. The average Bonchev–Trinajstić information content (AvgIpc) is 2.65. The summed E-state index contributed by atoms with van der Waals surface area (Å²) in [6.45, 7) is 0.00890. The summed E-state index contributed by atoms with van der Waals surface area (Å²) in [5.41, 5.74) is 8.63. The molecule has 0 spiro atoms. The van der Waals surface area contributed by atoms with Crippen molar-refractivity contribution >= 4 is 23.9 Å². The normalized spacial score (nSPS) is 10.3. The Labute approximate surface area is 150 Å². The van der Waals surface area contributed by atoms with E-state index >= 15 is 0 Å². The minimum Gasteiger partial charge on any atom is -0.484 e. The molecule has 0 aromatic heterocycles. The summed E-state index contributed by atoms with van der Waals surface area (Å²) in [6.07, 6.45) is 1.35. The summed E-state index contributed by atoms with van der Waals surface area (Å²) in [6, 6.07) is 15.9. The number of ether oxygens (including phenoxy) is 1. The number of carbonyl (C=O) groups excluding carboxylic acids is 3. The molecule has 8 heteroatoms. The van der Waals surface area contributed by atoms with Crippen molar-refractivity contribution in [2.45, 2.75) is 6.54 Å². The van der Waals surface area contributed by atoms with Crippen LogP contribution in [-0.2, 0) is 20.9 Å². The zero-order valence-corrected chi connectivity index (χ0v) is 13.8. The first-order chi connectivity index (χ1) is 12.5. The number of primary amides is 1. The number of nitrogens with two attached hydrogens (primary N) is 1. The molecule has 0 saturated carbocycles. The van der Waals surface area contributed by atoms with Gasteiger partial charge in [0.2, 0.25) is 0 Å². The van der Waals surface area contributed by atoms with E-state index in [9.17, 15) is 14.4 Å². The Balaban J connectivity index is 1.81. The Bertz CT molecular complexity index is 806. The number of rotatable bonds is 7. The lowest BCUT2D eigenvalue weighted by atomic mass is 10.2. The molecule has 2 aromatic carbocycles. The number of nitrogens with one attached hydrogen (secondary N) is 2. The Hall–Kier alpha value is -3.68. The molecule has 0 aliphatic carbocycles. The van der Waals surface area contributed by atoms with Crippen LogP contribution in [0.15, 0.2) is 59.7 Å². The molecule has 2 rings (SSSR count). The Morgan fingerprint density at radius 3 is 2.54 bits per heavy atom. The quantitative estimate of drug-likeness (QED) is 0.376. The molecule has 26 heavy (non-hydrogen) atoms. The molecular formula is C18H18N4O4. The Morgan fingerprint density at radius 1 is 1.04 bits per heavy atom. The smallest absolute Gasteiger partial charge is 0.329 e. The van der Waals surface area contributed by atoms with Gasteiger partial charge in [-0.1, -0.05) is 42.5 Å². The zero-order chi connectivity index (χ0) is 18.8. The summed E-state index contributed by atoms with van der Waals surface area (Å²) in [7, 11) is 0. The van der Waals surface area contributed by atoms with Crippen molar-refractivity contribution in [3.8, 4) is 5.75 Å². The molecule has 0 bridgehead atoms. The van der Waals surface area contributed by atoms with E-state index in [0.717, 1.165) is 5.56 Å². The number of hydrogen-bond acceptors (Lipinski definition) is 5. The minimum absolute atomic E-state index is 0.237. The van der Waals surface area contributed by atoms with E-state index in [4.69, 9.17) is 10.5 Å². The van der Waals surface area contributed by atoms with Crippen molar-refractivity contribution in [1.29, 1.82) is 0 Å². The van der Waals surface area contributed by atoms with Crippen LogP contribution < -0.4 is 21.2 Å². The van der Waals surface area contributed by atoms with Crippen LogP contribution in [0.25, 0.3) is 0 Å². The predicted octanol–water partition coefficient (Wildman–Crippen LogP) is 0.317. The van der Waals surface area contributed by atoms with Gasteiger partial charge in [0, 0.05) is 6.54 Å². The van der Waals surface area contributed by atoms with E-state index in [1.54, 1.807) is 24.3 Å².